The lowest BCUT2D eigenvalue weighted by molar-refractivity contribution is -0.132. The molecule has 7 heteroatoms. The summed E-state index contributed by atoms with van der Waals surface area (Å²) in [6, 6.07) is 7.45. The zero-order chi connectivity index (χ0) is 16.9. The van der Waals surface area contributed by atoms with Crippen molar-refractivity contribution in [2.75, 3.05) is 39.8 Å². The van der Waals surface area contributed by atoms with Gasteiger partial charge in [-0.05, 0) is 19.2 Å². The van der Waals surface area contributed by atoms with E-state index < -0.39 is 0 Å². The van der Waals surface area contributed by atoms with Gasteiger partial charge in [0.25, 0.3) is 0 Å². The van der Waals surface area contributed by atoms with Crippen LogP contribution in [0.15, 0.2) is 34.9 Å². The fourth-order valence-corrected chi connectivity index (χ4v) is 2.88. The molecule has 1 aliphatic rings. The molecule has 1 saturated heterocycles. The number of nitrogens with one attached hydrogen (secondary N) is 1. The van der Waals surface area contributed by atoms with Crippen LogP contribution in [-0.4, -0.2) is 60.5 Å². The molecule has 0 unspecified atom stereocenters. The third-order valence-corrected chi connectivity index (χ3v) is 4.18. The molecule has 3 rings (SSSR count). The van der Waals surface area contributed by atoms with Crippen LogP contribution in [0.2, 0.25) is 5.02 Å². The Morgan fingerprint density at radius 3 is 2.96 bits per heavy atom. The van der Waals surface area contributed by atoms with E-state index >= 15 is 0 Å². The number of amides is 1. The first-order valence-corrected chi connectivity index (χ1v) is 8.37. The Hall–Kier alpha value is -1.89. The lowest BCUT2D eigenvalue weighted by atomic mass is 10.2. The molecule has 1 aromatic heterocycles. The molecular weight excluding hydrogens is 328 g/mol. The molecule has 0 aliphatic carbocycles. The maximum absolute atomic E-state index is 12.3. The Labute approximate surface area is 146 Å². The van der Waals surface area contributed by atoms with E-state index in [1.165, 1.54) is 0 Å². The molecule has 1 amide bonds. The molecule has 0 saturated carbocycles. The second kappa shape index (κ2) is 7.79. The summed E-state index contributed by atoms with van der Waals surface area (Å²) in [6.07, 6.45) is 1.69. The molecule has 1 fully saturated rings. The van der Waals surface area contributed by atoms with E-state index in [0.29, 0.717) is 29.8 Å². The fourth-order valence-electron chi connectivity index (χ4n) is 2.69. The predicted molar refractivity (Wildman–Crippen MR) is 92.7 cm³/mol. The largest absolute Gasteiger partial charge is 0.439 e. The summed E-state index contributed by atoms with van der Waals surface area (Å²) in [4.78, 5) is 20.4. The maximum atomic E-state index is 12.3. The van der Waals surface area contributed by atoms with Gasteiger partial charge in [0.1, 0.15) is 0 Å². The summed E-state index contributed by atoms with van der Waals surface area (Å²) in [5.41, 5.74) is 0.890. The third kappa shape index (κ3) is 4.35. The SMILES string of the molecule is CN(CC(=O)N1CCNCC1)Cc1ncc(-c2cccc(Cl)c2)o1. The number of hydrogen-bond acceptors (Lipinski definition) is 5. The minimum atomic E-state index is 0.139. The Bertz CT molecular complexity index is 697. The third-order valence-electron chi connectivity index (χ3n) is 3.94. The first kappa shape index (κ1) is 17.0. The molecule has 2 aromatic rings. The maximum Gasteiger partial charge on any atom is 0.236 e. The molecular formula is C17H21ClN4O2. The van der Waals surface area contributed by atoms with Gasteiger partial charge >= 0.3 is 0 Å². The van der Waals surface area contributed by atoms with Gasteiger partial charge in [0.15, 0.2) is 5.76 Å². The lowest BCUT2D eigenvalue weighted by Gasteiger charge is -2.29. The molecule has 2 heterocycles. The summed E-state index contributed by atoms with van der Waals surface area (Å²) in [5.74, 6) is 1.40. The zero-order valence-electron chi connectivity index (χ0n) is 13.7. The van der Waals surface area contributed by atoms with Gasteiger partial charge in [-0.15, -0.1) is 0 Å². The van der Waals surface area contributed by atoms with E-state index in [-0.39, 0.29) is 5.91 Å². The van der Waals surface area contributed by atoms with Crippen LogP contribution in [0.1, 0.15) is 5.89 Å². The standard InChI is InChI=1S/C17H21ClN4O2/c1-21(12-17(23)22-7-5-19-6-8-22)11-16-20-10-15(24-16)13-3-2-4-14(18)9-13/h2-4,9-10,19H,5-8,11-12H2,1H3. The average molecular weight is 349 g/mol. The quantitative estimate of drug-likeness (QED) is 0.893. The molecule has 128 valence electrons. The van der Waals surface area contributed by atoms with Crippen LogP contribution in [0.4, 0.5) is 0 Å². The number of aromatic nitrogens is 1. The minimum Gasteiger partial charge on any atom is -0.439 e. The monoisotopic (exact) mass is 348 g/mol. The van der Waals surface area contributed by atoms with Gasteiger partial charge in [-0.25, -0.2) is 4.98 Å². The van der Waals surface area contributed by atoms with Gasteiger partial charge in [0.2, 0.25) is 11.8 Å². The Balaban J connectivity index is 1.57. The molecule has 24 heavy (non-hydrogen) atoms. The number of hydrogen-bond donors (Lipinski definition) is 1. The Morgan fingerprint density at radius 2 is 2.21 bits per heavy atom. The molecule has 0 radical (unpaired) electrons. The van der Waals surface area contributed by atoms with Gasteiger partial charge in [-0.3, -0.25) is 9.69 Å². The van der Waals surface area contributed by atoms with E-state index in [1.54, 1.807) is 6.20 Å². The summed E-state index contributed by atoms with van der Waals surface area (Å²) >= 11 is 6.00. The normalized spacial score (nSPS) is 15.0. The number of carbonyl (C=O) groups is 1. The average Bonchev–Trinajstić information content (AvgIpc) is 3.04. The predicted octanol–water partition coefficient (Wildman–Crippen LogP) is 1.86. The second-order valence-electron chi connectivity index (χ2n) is 5.93. The van der Waals surface area contributed by atoms with Gasteiger partial charge in [0.05, 0.1) is 19.3 Å². The first-order valence-electron chi connectivity index (χ1n) is 7.99. The van der Waals surface area contributed by atoms with Crippen LogP contribution >= 0.6 is 11.6 Å². The van der Waals surface area contributed by atoms with Crippen molar-refractivity contribution in [3.8, 4) is 11.3 Å². The highest BCUT2D eigenvalue weighted by atomic mass is 35.5. The number of oxazole rings is 1. The highest BCUT2D eigenvalue weighted by molar-refractivity contribution is 6.30. The van der Waals surface area contributed by atoms with Crippen molar-refractivity contribution in [3.63, 3.8) is 0 Å². The van der Waals surface area contributed by atoms with Crippen molar-refractivity contribution in [1.29, 1.82) is 0 Å². The van der Waals surface area contributed by atoms with Crippen molar-refractivity contribution < 1.29 is 9.21 Å². The summed E-state index contributed by atoms with van der Waals surface area (Å²) < 4.78 is 5.78. The van der Waals surface area contributed by atoms with E-state index in [1.807, 2.05) is 41.1 Å². The fraction of sp³-hybridized carbons (Fsp3) is 0.412. The van der Waals surface area contributed by atoms with Gasteiger partial charge in [-0.1, -0.05) is 23.7 Å². The summed E-state index contributed by atoms with van der Waals surface area (Å²) in [6.45, 7) is 4.10. The smallest absolute Gasteiger partial charge is 0.236 e. The van der Waals surface area contributed by atoms with Crippen LogP contribution in [-0.2, 0) is 11.3 Å². The topological polar surface area (TPSA) is 61.6 Å². The van der Waals surface area contributed by atoms with E-state index in [0.717, 1.165) is 31.7 Å². The number of benzene rings is 1. The number of rotatable bonds is 5. The number of piperazine rings is 1. The molecule has 1 aromatic carbocycles. The van der Waals surface area contributed by atoms with Crippen LogP contribution in [0.3, 0.4) is 0 Å². The molecule has 0 spiro atoms. The van der Waals surface area contributed by atoms with Crippen LogP contribution in [0.5, 0.6) is 0 Å². The van der Waals surface area contributed by atoms with Crippen molar-refractivity contribution in [2.45, 2.75) is 6.54 Å². The van der Waals surface area contributed by atoms with Crippen LogP contribution in [0.25, 0.3) is 11.3 Å². The molecule has 0 atom stereocenters. The molecule has 1 aliphatic heterocycles. The summed E-state index contributed by atoms with van der Waals surface area (Å²) in [5, 5.41) is 3.90. The highest BCUT2D eigenvalue weighted by Gasteiger charge is 2.18. The van der Waals surface area contributed by atoms with E-state index in [2.05, 4.69) is 10.3 Å². The summed E-state index contributed by atoms with van der Waals surface area (Å²) in [7, 11) is 1.89. The number of halogens is 1. The lowest BCUT2D eigenvalue weighted by Crippen LogP contribution is -2.49. The number of likely N-dealkylation sites (N-methyl/N-ethyl adjacent to an activating group) is 1. The van der Waals surface area contributed by atoms with Crippen molar-refractivity contribution in [3.05, 3.63) is 41.4 Å². The van der Waals surface area contributed by atoms with E-state index in [4.69, 9.17) is 16.0 Å². The van der Waals surface area contributed by atoms with Crippen molar-refractivity contribution in [1.82, 2.24) is 20.1 Å². The van der Waals surface area contributed by atoms with Crippen LogP contribution < -0.4 is 5.32 Å². The number of carbonyl (C=O) groups excluding carboxylic acids is 1. The number of nitrogens with zero attached hydrogens (tertiary/aromatic N) is 3. The Kier molecular flexibility index (Phi) is 5.50. The van der Waals surface area contributed by atoms with Gasteiger partial charge in [0, 0.05) is 36.8 Å². The van der Waals surface area contributed by atoms with E-state index in [9.17, 15) is 4.79 Å². The van der Waals surface area contributed by atoms with Gasteiger partial charge < -0.3 is 14.6 Å². The van der Waals surface area contributed by atoms with Crippen LogP contribution in [0, 0.1) is 0 Å². The van der Waals surface area contributed by atoms with Crippen molar-refractivity contribution >= 4 is 17.5 Å². The minimum absolute atomic E-state index is 0.139. The zero-order valence-corrected chi connectivity index (χ0v) is 14.4. The molecule has 0 bridgehead atoms. The second-order valence-corrected chi connectivity index (χ2v) is 6.37. The van der Waals surface area contributed by atoms with Crippen molar-refractivity contribution in [2.24, 2.45) is 0 Å². The molecule has 6 nitrogen and oxygen atoms in total. The first-order chi connectivity index (χ1) is 11.6. The molecule has 1 N–H and O–H groups in total. The van der Waals surface area contributed by atoms with Gasteiger partial charge in [-0.2, -0.15) is 0 Å². The Morgan fingerprint density at radius 1 is 1.42 bits per heavy atom. The highest BCUT2D eigenvalue weighted by Crippen LogP contribution is 2.23.